The Bertz CT molecular complexity index is 689. The molecule has 0 aromatic heterocycles. The molecule has 1 heterocycles. The van der Waals surface area contributed by atoms with Gasteiger partial charge in [-0.15, -0.1) is 0 Å². The predicted molar refractivity (Wildman–Crippen MR) is 101 cm³/mol. The first kappa shape index (κ1) is 22.3. The van der Waals surface area contributed by atoms with Crippen molar-refractivity contribution in [1.82, 2.24) is 0 Å². The van der Waals surface area contributed by atoms with E-state index in [9.17, 15) is 19.5 Å². The topological polar surface area (TPSA) is 99.1 Å². The number of rotatable bonds is 4. The molecule has 0 amide bonds. The Balaban J connectivity index is 2.60. The lowest BCUT2D eigenvalue weighted by Crippen LogP contribution is -2.58. The van der Waals surface area contributed by atoms with Crippen LogP contribution in [0.1, 0.15) is 47.5 Å². The van der Waals surface area contributed by atoms with Crippen molar-refractivity contribution in [1.29, 1.82) is 0 Å². The standard InChI is InChI=1S/C21H30O7/c1-11(2)10-26-18-17-13(4)20(24)28-15(17)9-12(3)7-8-16(23)21(6,25)19(18)27-14(5)22/h7,11,15,17-19,25H,4,8-10H2,1-3,5-6H3/b12-7+/t15-,17+,18+,19-,21+/m1/s1. The van der Waals surface area contributed by atoms with E-state index in [0.717, 1.165) is 5.57 Å². The average molecular weight is 394 g/mol. The molecule has 1 aliphatic heterocycles. The fourth-order valence-corrected chi connectivity index (χ4v) is 3.62. The van der Waals surface area contributed by atoms with E-state index >= 15 is 0 Å². The van der Waals surface area contributed by atoms with Gasteiger partial charge in [0.1, 0.15) is 12.2 Å². The lowest BCUT2D eigenvalue weighted by Gasteiger charge is -2.40. The van der Waals surface area contributed by atoms with Gasteiger partial charge in [0.05, 0.1) is 5.92 Å². The first-order valence-corrected chi connectivity index (χ1v) is 9.55. The highest BCUT2D eigenvalue weighted by Gasteiger charge is 2.54. The molecule has 0 unspecified atom stereocenters. The predicted octanol–water partition coefficient (Wildman–Crippen LogP) is 2.12. The first-order chi connectivity index (χ1) is 12.9. The minimum Gasteiger partial charge on any atom is -0.458 e. The average Bonchev–Trinajstić information content (AvgIpc) is 2.85. The molecule has 156 valence electrons. The number of ether oxygens (including phenoxy) is 3. The SMILES string of the molecule is C=C1C(=O)O[C@@H]2C/C(C)=C/CC(=O)[C@](C)(O)[C@H](OC(C)=O)[C@@H](OCC(C)C)[C@@H]12. The van der Waals surface area contributed by atoms with Gasteiger partial charge in [-0.25, -0.2) is 4.79 Å². The van der Waals surface area contributed by atoms with Crippen LogP contribution in [-0.4, -0.2) is 53.3 Å². The number of aliphatic hydroxyl groups is 1. The highest BCUT2D eigenvalue weighted by molar-refractivity contribution is 5.92. The van der Waals surface area contributed by atoms with E-state index < -0.39 is 47.6 Å². The lowest BCUT2D eigenvalue weighted by molar-refractivity contribution is -0.194. The fourth-order valence-electron chi connectivity index (χ4n) is 3.62. The van der Waals surface area contributed by atoms with Crippen LogP contribution in [0.5, 0.6) is 0 Å². The Morgan fingerprint density at radius 3 is 2.64 bits per heavy atom. The summed E-state index contributed by atoms with van der Waals surface area (Å²) < 4.78 is 16.9. The summed E-state index contributed by atoms with van der Waals surface area (Å²) in [6, 6.07) is 0. The third-order valence-corrected chi connectivity index (χ3v) is 5.17. The minimum absolute atomic E-state index is 0.0280. The number of esters is 2. The van der Waals surface area contributed by atoms with Crippen molar-refractivity contribution < 1.29 is 33.7 Å². The monoisotopic (exact) mass is 394 g/mol. The highest BCUT2D eigenvalue weighted by Crippen LogP contribution is 2.40. The molecular weight excluding hydrogens is 364 g/mol. The van der Waals surface area contributed by atoms with Crippen LogP contribution in [0.15, 0.2) is 23.8 Å². The van der Waals surface area contributed by atoms with Gasteiger partial charge in [0, 0.05) is 31.9 Å². The lowest BCUT2D eigenvalue weighted by atomic mass is 9.77. The zero-order valence-corrected chi connectivity index (χ0v) is 17.2. The Hall–Kier alpha value is -1.99. The second-order valence-corrected chi connectivity index (χ2v) is 8.25. The number of hydrogen-bond acceptors (Lipinski definition) is 7. The Labute approximate surface area is 165 Å². The van der Waals surface area contributed by atoms with Gasteiger partial charge in [-0.3, -0.25) is 9.59 Å². The maximum Gasteiger partial charge on any atom is 0.334 e. The molecule has 1 aliphatic carbocycles. The van der Waals surface area contributed by atoms with Crippen LogP contribution in [0.2, 0.25) is 0 Å². The van der Waals surface area contributed by atoms with Crippen LogP contribution in [0.3, 0.4) is 0 Å². The number of ketones is 1. The van der Waals surface area contributed by atoms with Gasteiger partial charge < -0.3 is 19.3 Å². The summed E-state index contributed by atoms with van der Waals surface area (Å²) in [5, 5.41) is 11.1. The van der Waals surface area contributed by atoms with Crippen LogP contribution in [0.4, 0.5) is 0 Å². The molecule has 1 N–H and O–H groups in total. The van der Waals surface area contributed by atoms with Gasteiger partial charge in [0.2, 0.25) is 0 Å². The van der Waals surface area contributed by atoms with Crippen molar-refractivity contribution in [3.8, 4) is 0 Å². The largest absolute Gasteiger partial charge is 0.458 e. The summed E-state index contributed by atoms with van der Waals surface area (Å²) in [7, 11) is 0. The van der Waals surface area contributed by atoms with Gasteiger partial charge >= 0.3 is 11.9 Å². The number of allylic oxidation sites excluding steroid dienone is 1. The van der Waals surface area contributed by atoms with E-state index in [2.05, 4.69) is 6.58 Å². The van der Waals surface area contributed by atoms with E-state index in [0.29, 0.717) is 6.42 Å². The Morgan fingerprint density at radius 2 is 2.07 bits per heavy atom. The first-order valence-electron chi connectivity index (χ1n) is 9.55. The zero-order chi connectivity index (χ0) is 21.2. The quantitative estimate of drug-likeness (QED) is 0.443. The summed E-state index contributed by atoms with van der Waals surface area (Å²) in [6.45, 7) is 12.4. The molecule has 0 spiro atoms. The molecule has 0 aromatic rings. The van der Waals surface area contributed by atoms with Crippen molar-refractivity contribution in [3.05, 3.63) is 23.8 Å². The summed E-state index contributed by atoms with van der Waals surface area (Å²) in [5.74, 6) is -2.22. The van der Waals surface area contributed by atoms with Gasteiger partial charge in [0.25, 0.3) is 0 Å². The maximum atomic E-state index is 12.8. The highest BCUT2D eigenvalue weighted by atomic mass is 16.6. The van der Waals surface area contributed by atoms with E-state index in [-0.39, 0.29) is 24.5 Å². The minimum atomic E-state index is -2.00. The Morgan fingerprint density at radius 1 is 1.43 bits per heavy atom. The van der Waals surface area contributed by atoms with E-state index in [4.69, 9.17) is 14.2 Å². The van der Waals surface area contributed by atoms with Gasteiger partial charge in [-0.05, 0) is 19.8 Å². The second kappa shape index (κ2) is 8.57. The van der Waals surface area contributed by atoms with Crippen LogP contribution >= 0.6 is 0 Å². The molecule has 2 rings (SSSR count). The molecule has 0 radical (unpaired) electrons. The van der Waals surface area contributed by atoms with Gasteiger partial charge in [-0.2, -0.15) is 0 Å². The Kier molecular flexibility index (Phi) is 6.83. The molecule has 1 fully saturated rings. The van der Waals surface area contributed by atoms with Crippen molar-refractivity contribution in [2.75, 3.05) is 6.61 Å². The summed E-state index contributed by atoms with van der Waals surface area (Å²) in [4.78, 5) is 36.8. The number of fused-ring (bicyclic) bond motifs is 1. The number of hydrogen-bond donors (Lipinski definition) is 1. The molecule has 2 aliphatic rings. The van der Waals surface area contributed by atoms with Crippen molar-refractivity contribution in [3.63, 3.8) is 0 Å². The number of carbonyl (C=O) groups is 3. The van der Waals surface area contributed by atoms with Crippen LogP contribution in [0, 0.1) is 11.8 Å². The van der Waals surface area contributed by atoms with Gasteiger partial charge in [0.15, 0.2) is 17.5 Å². The summed E-state index contributed by atoms with van der Waals surface area (Å²) in [5.41, 5.74) is -0.958. The fraction of sp³-hybridized carbons (Fsp3) is 0.667. The second-order valence-electron chi connectivity index (χ2n) is 8.25. The molecule has 7 nitrogen and oxygen atoms in total. The van der Waals surface area contributed by atoms with Crippen molar-refractivity contribution in [2.45, 2.75) is 71.4 Å². The molecule has 5 atom stereocenters. The van der Waals surface area contributed by atoms with Crippen LogP contribution in [-0.2, 0) is 28.6 Å². The third-order valence-electron chi connectivity index (χ3n) is 5.17. The maximum absolute atomic E-state index is 12.8. The van der Waals surface area contributed by atoms with Crippen molar-refractivity contribution in [2.24, 2.45) is 11.8 Å². The zero-order valence-electron chi connectivity index (χ0n) is 17.2. The molecule has 0 saturated carbocycles. The molecule has 7 heteroatoms. The van der Waals surface area contributed by atoms with Gasteiger partial charge in [-0.1, -0.05) is 32.1 Å². The molecular formula is C21H30O7. The van der Waals surface area contributed by atoms with Crippen LogP contribution < -0.4 is 0 Å². The van der Waals surface area contributed by atoms with Crippen LogP contribution in [0.25, 0.3) is 0 Å². The van der Waals surface area contributed by atoms with E-state index in [1.54, 1.807) is 6.08 Å². The summed E-state index contributed by atoms with van der Waals surface area (Å²) in [6.07, 6.45) is -0.764. The number of carbonyl (C=O) groups excluding carboxylic acids is 3. The molecule has 0 bridgehead atoms. The van der Waals surface area contributed by atoms with Crippen molar-refractivity contribution >= 4 is 17.7 Å². The molecule has 1 saturated heterocycles. The van der Waals surface area contributed by atoms with E-state index in [1.165, 1.54) is 13.8 Å². The summed E-state index contributed by atoms with van der Waals surface area (Å²) >= 11 is 0. The molecule has 0 aromatic carbocycles. The third kappa shape index (κ3) is 4.70. The number of Topliss-reactive ketones (excluding diaryl/α,β-unsaturated/α-hetero) is 1. The molecule has 28 heavy (non-hydrogen) atoms. The van der Waals surface area contributed by atoms with E-state index in [1.807, 2.05) is 20.8 Å². The normalized spacial score (nSPS) is 35.8. The smallest absolute Gasteiger partial charge is 0.334 e.